The minimum Gasteiger partial charge on any atom is -0.341 e. The summed E-state index contributed by atoms with van der Waals surface area (Å²) < 4.78 is 18.8. The number of rotatable bonds is 6. The summed E-state index contributed by atoms with van der Waals surface area (Å²) in [6.07, 6.45) is 0.591. The molecule has 3 rings (SSSR count). The van der Waals surface area contributed by atoms with Crippen molar-refractivity contribution in [2.45, 2.75) is 19.4 Å². The molecule has 0 aliphatic heterocycles. The summed E-state index contributed by atoms with van der Waals surface area (Å²) in [5.41, 5.74) is 1.39. The molecule has 3 aromatic rings. The van der Waals surface area contributed by atoms with Crippen LogP contribution in [0.1, 0.15) is 17.9 Å². The molecule has 0 radical (unpaired) electrons. The molecule has 7 heteroatoms. The molecule has 0 bridgehead atoms. The van der Waals surface area contributed by atoms with Crippen LogP contribution in [-0.4, -0.2) is 28.0 Å². The predicted molar refractivity (Wildman–Crippen MR) is 88.8 cm³/mol. The van der Waals surface area contributed by atoms with Crippen LogP contribution >= 0.6 is 11.3 Å². The Hall–Kier alpha value is -2.54. The fourth-order valence-corrected chi connectivity index (χ4v) is 2.87. The Morgan fingerprint density at radius 3 is 2.92 bits per heavy atom. The highest BCUT2D eigenvalue weighted by atomic mass is 32.1. The van der Waals surface area contributed by atoms with Crippen molar-refractivity contribution in [3.63, 3.8) is 0 Å². The van der Waals surface area contributed by atoms with E-state index >= 15 is 0 Å². The standard InChI is InChI=1S/C17H16FN3O2S/c1-21(10-12-4-2-3-5-14(12)18)16(22)7-6-15-19-17(20-23-15)13-8-9-24-11-13/h2-5,8-9,11H,6-7,10H2,1H3. The van der Waals surface area contributed by atoms with Crippen molar-refractivity contribution >= 4 is 17.2 Å². The first-order chi connectivity index (χ1) is 11.6. The number of hydrogen-bond acceptors (Lipinski definition) is 5. The average molecular weight is 345 g/mol. The maximum absolute atomic E-state index is 13.6. The highest BCUT2D eigenvalue weighted by Gasteiger charge is 2.14. The zero-order chi connectivity index (χ0) is 16.9. The van der Waals surface area contributed by atoms with Crippen LogP contribution < -0.4 is 0 Å². The van der Waals surface area contributed by atoms with Gasteiger partial charge in [-0.25, -0.2) is 4.39 Å². The van der Waals surface area contributed by atoms with E-state index in [0.717, 1.165) is 5.56 Å². The normalized spacial score (nSPS) is 10.8. The van der Waals surface area contributed by atoms with Gasteiger partial charge in [0.2, 0.25) is 17.6 Å². The number of amides is 1. The number of benzene rings is 1. The molecule has 0 aliphatic carbocycles. The Labute approximate surface area is 142 Å². The molecule has 0 saturated heterocycles. The number of thiophene rings is 1. The number of halogens is 1. The lowest BCUT2D eigenvalue weighted by atomic mass is 10.2. The molecule has 0 fully saturated rings. The van der Waals surface area contributed by atoms with Gasteiger partial charge in [-0.2, -0.15) is 16.3 Å². The average Bonchev–Trinajstić information content (AvgIpc) is 3.25. The Morgan fingerprint density at radius 1 is 1.33 bits per heavy atom. The largest absolute Gasteiger partial charge is 0.341 e. The highest BCUT2D eigenvalue weighted by Crippen LogP contribution is 2.19. The molecule has 0 aliphatic rings. The lowest BCUT2D eigenvalue weighted by molar-refractivity contribution is -0.130. The molecule has 0 saturated carbocycles. The summed E-state index contributed by atoms with van der Waals surface area (Å²) in [6.45, 7) is 0.232. The van der Waals surface area contributed by atoms with Gasteiger partial charge in [-0.15, -0.1) is 0 Å². The second kappa shape index (κ2) is 7.35. The molecule has 24 heavy (non-hydrogen) atoms. The molecular weight excluding hydrogens is 329 g/mol. The van der Waals surface area contributed by atoms with Gasteiger partial charge in [0.1, 0.15) is 5.82 Å². The van der Waals surface area contributed by atoms with Crippen LogP contribution in [0.15, 0.2) is 45.6 Å². The Kier molecular flexibility index (Phi) is 5.00. The summed E-state index contributed by atoms with van der Waals surface area (Å²) in [5, 5.41) is 7.78. The van der Waals surface area contributed by atoms with E-state index in [4.69, 9.17) is 4.52 Å². The second-order valence-corrected chi connectivity index (χ2v) is 6.14. The molecule has 0 atom stereocenters. The second-order valence-electron chi connectivity index (χ2n) is 5.36. The summed E-state index contributed by atoms with van der Waals surface area (Å²) >= 11 is 1.55. The fraction of sp³-hybridized carbons (Fsp3) is 0.235. The summed E-state index contributed by atoms with van der Waals surface area (Å²) in [7, 11) is 1.65. The minimum atomic E-state index is -0.311. The van der Waals surface area contributed by atoms with E-state index in [-0.39, 0.29) is 24.7 Å². The monoisotopic (exact) mass is 345 g/mol. The van der Waals surface area contributed by atoms with E-state index in [9.17, 15) is 9.18 Å². The van der Waals surface area contributed by atoms with E-state index in [2.05, 4.69) is 10.1 Å². The number of nitrogens with zero attached hydrogens (tertiary/aromatic N) is 3. The van der Waals surface area contributed by atoms with Crippen molar-refractivity contribution < 1.29 is 13.7 Å². The lowest BCUT2D eigenvalue weighted by Crippen LogP contribution is -2.26. The minimum absolute atomic E-state index is 0.103. The first kappa shape index (κ1) is 16.3. The maximum atomic E-state index is 13.6. The smallest absolute Gasteiger partial charge is 0.227 e. The van der Waals surface area contributed by atoms with Gasteiger partial charge in [0.25, 0.3) is 0 Å². The Balaban J connectivity index is 1.54. The van der Waals surface area contributed by atoms with Gasteiger partial charge in [-0.05, 0) is 17.5 Å². The molecule has 2 heterocycles. The van der Waals surface area contributed by atoms with E-state index in [0.29, 0.717) is 23.7 Å². The number of carbonyl (C=O) groups is 1. The third kappa shape index (κ3) is 3.86. The van der Waals surface area contributed by atoms with Crippen molar-refractivity contribution in [1.29, 1.82) is 0 Å². The summed E-state index contributed by atoms with van der Waals surface area (Å²) in [5.74, 6) is 0.533. The zero-order valence-electron chi connectivity index (χ0n) is 13.1. The Morgan fingerprint density at radius 2 is 2.17 bits per heavy atom. The molecule has 2 aromatic heterocycles. The van der Waals surface area contributed by atoms with Crippen molar-refractivity contribution in [3.8, 4) is 11.4 Å². The van der Waals surface area contributed by atoms with E-state index in [1.54, 1.807) is 36.6 Å². The van der Waals surface area contributed by atoms with Crippen LogP contribution in [0.5, 0.6) is 0 Å². The van der Waals surface area contributed by atoms with Crippen LogP contribution in [0.4, 0.5) is 4.39 Å². The SMILES string of the molecule is CN(Cc1ccccc1F)C(=O)CCc1nc(-c2ccsc2)no1. The fourth-order valence-electron chi connectivity index (χ4n) is 2.24. The van der Waals surface area contributed by atoms with Crippen LogP contribution in [-0.2, 0) is 17.8 Å². The molecule has 5 nitrogen and oxygen atoms in total. The summed E-state index contributed by atoms with van der Waals surface area (Å²) in [6, 6.07) is 8.34. The van der Waals surface area contributed by atoms with Gasteiger partial charge < -0.3 is 9.42 Å². The van der Waals surface area contributed by atoms with Crippen molar-refractivity contribution in [2.75, 3.05) is 7.05 Å². The van der Waals surface area contributed by atoms with Crippen molar-refractivity contribution in [2.24, 2.45) is 0 Å². The lowest BCUT2D eigenvalue weighted by Gasteiger charge is -2.17. The van der Waals surface area contributed by atoms with Crippen LogP contribution in [0.25, 0.3) is 11.4 Å². The van der Waals surface area contributed by atoms with Crippen molar-refractivity contribution in [1.82, 2.24) is 15.0 Å². The number of aryl methyl sites for hydroxylation is 1. The molecule has 0 spiro atoms. The van der Waals surface area contributed by atoms with Gasteiger partial charge >= 0.3 is 0 Å². The topological polar surface area (TPSA) is 59.2 Å². The number of aromatic nitrogens is 2. The van der Waals surface area contributed by atoms with E-state index < -0.39 is 0 Å². The number of hydrogen-bond donors (Lipinski definition) is 0. The van der Waals surface area contributed by atoms with Gasteiger partial charge in [-0.1, -0.05) is 23.4 Å². The van der Waals surface area contributed by atoms with Crippen LogP contribution in [0.2, 0.25) is 0 Å². The van der Waals surface area contributed by atoms with Crippen LogP contribution in [0, 0.1) is 5.82 Å². The first-order valence-electron chi connectivity index (χ1n) is 7.46. The molecule has 1 amide bonds. The van der Waals surface area contributed by atoms with Crippen molar-refractivity contribution in [3.05, 3.63) is 58.4 Å². The third-order valence-electron chi connectivity index (χ3n) is 3.59. The van der Waals surface area contributed by atoms with Gasteiger partial charge in [-0.3, -0.25) is 4.79 Å². The molecule has 0 N–H and O–H groups in total. The zero-order valence-corrected chi connectivity index (χ0v) is 13.9. The Bertz CT molecular complexity index is 817. The quantitative estimate of drug-likeness (QED) is 0.686. The molecular formula is C17H16FN3O2S. The van der Waals surface area contributed by atoms with Gasteiger partial charge in [0, 0.05) is 42.9 Å². The third-order valence-corrected chi connectivity index (χ3v) is 4.27. The number of carbonyl (C=O) groups excluding carboxylic acids is 1. The van der Waals surface area contributed by atoms with E-state index in [1.807, 2.05) is 16.8 Å². The molecule has 1 aromatic carbocycles. The van der Waals surface area contributed by atoms with Crippen LogP contribution in [0.3, 0.4) is 0 Å². The molecule has 0 unspecified atom stereocenters. The maximum Gasteiger partial charge on any atom is 0.227 e. The first-order valence-corrected chi connectivity index (χ1v) is 8.40. The highest BCUT2D eigenvalue weighted by molar-refractivity contribution is 7.08. The van der Waals surface area contributed by atoms with Gasteiger partial charge in [0.15, 0.2) is 0 Å². The van der Waals surface area contributed by atoms with E-state index in [1.165, 1.54) is 11.0 Å². The molecule has 124 valence electrons. The predicted octanol–water partition coefficient (Wildman–Crippen LogP) is 3.53. The summed E-state index contributed by atoms with van der Waals surface area (Å²) in [4.78, 5) is 18.0. The van der Waals surface area contributed by atoms with Gasteiger partial charge in [0.05, 0.1) is 0 Å².